The molecule has 102 valence electrons. The molecule has 0 radical (unpaired) electrons. The van der Waals surface area contributed by atoms with Crippen LogP contribution in [0.4, 0.5) is 0 Å². The second-order valence-electron chi connectivity index (χ2n) is 5.53. The Morgan fingerprint density at radius 1 is 1.47 bits per heavy atom. The predicted octanol–water partition coefficient (Wildman–Crippen LogP) is 3.02. The van der Waals surface area contributed by atoms with Crippen LogP contribution in [0.15, 0.2) is 12.1 Å². The highest BCUT2D eigenvalue weighted by molar-refractivity contribution is 6.29. The molecule has 0 aliphatic rings. The third-order valence-corrected chi connectivity index (χ3v) is 3.09. The van der Waals surface area contributed by atoms with Gasteiger partial charge in [-0.2, -0.15) is 5.26 Å². The van der Waals surface area contributed by atoms with Gasteiger partial charge in [0.05, 0.1) is 6.07 Å². The molecule has 1 aromatic heterocycles. The molecule has 0 N–H and O–H groups in total. The monoisotopic (exact) mass is 279 g/mol. The quantitative estimate of drug-likeness (QED) is 0.782. The zero-order chi connectivity index (χ0) is 14.8. The maximum absolute atomic E-state index is 12.3. The van der Waals surface area contributed by atoms with E-state index in [1.807, 2.05) is 26.8 Å². The molecule has 0 aliphatic heterocycles. The van der Waals surface area contributed by atoms with Crippen molar-refractivity contribution in [3.63, 3.8) is 0 Å². The van der Waals surface area contributed by atoms with Gasteiger partial charge in [-0.1, -0.05) is 32.4 Å². The lowest BCUT2D eigenvalue weighted by atomic mass is 9.90. The summed E-state index contributed by atoms with van der Waals surface area (Å²) < 4.78 is 0. The third kappa shape index (κ3) is 3.68. The molecule has 1 aromatic rings. The fourth-order valence-corrected chi connectivity index (χ4v) is 1.68. The molecule has 0 saturated carbocycles. The van der Waals surface area contributed by atoms with E-state index in [-0.39, 0.29) is 16.5 Å². The molecule has 1 unspecified atom stereocenters. The standard InChI is InChI=1S/C14H18ClN3O/c1-9(8-16)18(5)13(19)10-6-11(14(2,3)4)17-12(15)7-10/h6-7,9H,1-5H3. The van der Waals surface area contributed by atoms with Crippen molar-refractivity contribution in [2.75, 3.05) is 7.05 Å². The molecule has 4 nitrogen and oxygen atoms in total. The topological polar surface area (TPSA) is 57.0 Å². The summed E-state index contributed by atoms with van der Waals surface area (Å²) in [5, 5.41) is 9.14. The van der Waals surface area contributed by atoms with E-state index in [4.69, 9.17) is 16.9 Å². The van der Waals surface area contributed by atoms with Crippen LogP contribution in [0.3, 0.4) is 0 Å². The van der Waals surface area contributed by atoms with Crippen molar-refractivity contribution in [2.45, 2.75) is 39.2 Å². The van der Waals surface area contributed by atoms with Crippen LogP contribution in [0, 0.1) is 11.3 Å². The number of rotatable bonds is 2. The highest BCUT2D eigenvalue weighted by Crippen LogP contribution is 2.24. The van der Waals surface area contributed by atoms with Gasteiger partial charge in [-0.05, 0) is 19.1 Å². The largest absolute Gasteiger partial charge is 0.326 e. The van der Waals surface area contributed by atoms with Crippen molar-refractivity contribution >= 4 is 17.5 Å². The summed E-state index contributed by atoms with van der Waals surface area (Å²) in [6, 6.07) is 4.80. The fourth-order valence-electron chi connectivity index (χ4n) is 1.47. The van der Waals surface area contributed by atoms with Crippen LogP contribution >= 0.6 is 11.6 Å². The van der Waals surface area contributed by atoms with E-state index in [0.29, 0.717) is 5.56 Å². The molecular formula is C14H18ClN3O. The van der Waals surface area contributed by atoms with Gasteiger partial charge in [-0.3, -0.25) is 4.79 Å². The van der Waals surface area contributed by atoms with Gasteiger partial charge in [0.1, 0.15) is 11.2 Å². The van der Waals surface area contributed by atoms with Crippen LogP contribution in [0.25, 0.3) is 0 Å². The van der Waals surface area contributed by atoms with Crippen molar-refractivity contribution in [3.05, 3.63) is 28.5 Å². The lowest BCUT2D eigenvalue weighted by Crippen LogP contribution is -2.34. The van der Waals surface area contributed by atoms with E-state index >= 15 is 0 Å². The van der Waals surface area contributed by atoms with Crippen LogP contribution in [0.1, 0.15) is 43.7 Å². The van der Waals surface area contributed by atoms with Crippen molar-refractivity contribution in [3.8, 4) is 6.07 Å². The normalized spacial score (nSPS) is 12.7. The Bertz CT molecular complexity index is 528. The molecule has 0 spiro atoms. The molecule has 0 aliphatic carbocycles. The maximum Gasteiger partial charge on any atom is 0.254 e. The van der Waals surface area contributed by atoms with Gasteiger partial charge in [0.15, 0.2) is 0 Å². The van der Waals surface area contributed by atoms with Gasteiger partial charge in [0.25, 0.3) is 5.91 Å². The number of carbonyl (C=O) groups is 1. The first-order valence-corrected chi connectivity index (χ1v) is 6.39. The zero-order valence-corrected chi connectivity index (χ0v) is 12.6. The number of pyridine rings is 1. The van der Waals surface area contributed by atoms with Crippen LogP contribution in [-0.2, 0) is 5.41 Å². The highest BCUT2D eigenvalue weighted by Gasteiger charge is 2.22. The summed E-state index contributed by atoms with van der Waals surface area (Å²) in [6.45, 7) is 7.68. The Labute approximate surface area is 119 Å². The zero-order valence-electron chi connectivity index (χ0n) is 11.9. The Hall–Kier alpha value is -1.60. The molecule has 1 atom stereocenters. The lowest BCUT2D eigenvalue weighted by Gasteiger charge is -2.22. The summed E-state index contributed by atoms with van der Waals surface area (Å²) in [6.07, 6.45) is 0. The van der Waals surface area contributed by atoms with Crippen molar-refractivity contribution in [2.24, 2.45) is 0 Å². The number of nitrogens with zero attached hydrogens (tertiary/aromatic N) is 3. The molecular weight excluding hydrogens is 262 g/mol. The summed E-state index contributed by atoms with van der Waals surface area (Å²) in [4.78, 5) is 17.9. The fraction of sp³-hybridized carbons (Fsp3) is 0.500. The second-order valence-corrected chi connectivity index (χ2v) is 5.92. The van der Waals surface area contributed by atoms with Gasteiger partial charge in [-0.15, -0.1) is 0 Å². The number of hydrogen-bond donors (Lipinski definition) is 0. The molecule has 0 saturated heterocycles. The molecule has 1 rings (SSSR count). The number of carbonyl (C=O) groups excluding carboxylic acids is 1. The van der Waals surface area contributed by atoms with Gasteiger partial charge >= 0.3 is 0 Å². The Kier molecular flexibility index (Phi) is 4.54. The Morgan fingerprint density at radius 3 is 2.53 bits per heavy atom. The SMILES string of the molecule is CC(C#N)N(C)C(=O)c1cc(Cl)nc(C(C)(C)C)c1. The molecule has 1 heterocycles. The van der Waals surface area contributed by atoms with E-state index in [1.165, 1.54) is 11.0 Å². The minimum atomic E-state index is -0.488. The van der Waals surface area contributed by atoms with Gasteiger partial charge in [0, 0.05) is 23.7 Å². The summed E-state index contributed by atoms with van der Waals surface area (Å²) in [5.41, 5.74) is 1.01. The first-order valence-electron chi connectivity index (χ1n) is 6.01. The van der Waals surface area contributed by atoms with Crippen LogP contribution < -0.4 is 0 Å². The van der Waals surface area contributed by atoms with Crippen molar-refractivity contribution in [1.82, 2.24) is 9.88 Å². The van der Waals surface area contributed by atoms with Crippen LogP contribution in [0.2, 0.25) is 5.15 Å². The number of nitriles is 1. The number of halogens is 1. The van der Waals surface area contributed by atoms with E-state index < -0.39 is 6.04 Å². The first-order chi connectivity index (χ1) is 8.66. The smallest absolute Gasteiger partial charge is 0.254 e. The minimum absolute atomic E-state index is 0.195. The van der Waals surface area contributed by atoms with Crippen LogP contribution in [-0.4, -0.2) is 28.9 Å². The molecule has 1 amide bonds. The molecule has 0 aromatic carbocycles. The molecule has 0 bridgehead atoms. The predicted molar refractivity (Wildman–Crippen MR) is 75.1 cm³/mol. The van der Waals surface area contributed by atoms with E-state index in [9.17, 15) is 4.79 Å². The highest BCUT2D eigenvalue weighted by atomic mass is 35.5. The summed E-state index contributed by atoms with van der Waals surface area (Å²) in [5.74, 6) is -0.233. The Balaban J connectivity index is 3.19. The molecule has 19 heavy (non-hydrogen) atoms. The van der Waals surface area contributed by atoms with E-state index in [0.717, 1.165) is 5.69 Å². The number of amides is 1. The summed E-state index contributed by atoms with van der Waals surface area (Å²) in [7, 11) is 1.60. The van der Waals surface area contributed by atoms with E-state index in [2.05, 4.69) is 4.98 Å². The van der Waals surface area contributed by atoms with Crippen molar-refractivity contribution in [1.29, 1.82) is 5.26 Å². The maximum atomic E-state index is 12.3. The third-order valence-electron chi connectivity index (χ3n) is 2.90. The van der Waals surface area contributed by atoms with Crippen LogP contribution in [0.5, 0.6) is 0 Å². The average molecular weight is 280 g/mol. The number of hydrogen-bond acceptors (Lipinski definition) is 3. The van der Waals surface area contributed by atoms with Gasteiger partial charge in [-0.25, -0.2) is 4.98 Å². The summed E-state index contributed by atoms with van der Waals surface area (Å²) >= 11 is 5.97. The number of aromatic nitrogens is 1. The van der Waals surface area contributed by atoms with Gasteiger partial charge < -0.3 is 4.90 Å². The first kappa shape index (κ1) is 15.5. The van der Waals surface area contributed by atoms with E-state index in [1.54, 1.807) is 20.0 Å². The lowest BCUT2D eigenvalue weighted by molar-refractivity contribution is 0.0773. The Morgan fingerprint density at radius 2 is 2.05 bits per heavy atom. The van der Waals surface area contributed by atoms with Crippen molar-refractivity contribution < 1.29 is 4.79 Å². The molecule has 5 heteroatoms. The van der Waals surface area contributed by atoms with Gasteiger partial charge in [0.2, 0.25) is 0 Å². The second kappa shape index (κ2) is 5.58. The average Bonchev–Trinajstić information content (AvgIpc) is 2.34. The molecule has 0 fully saturated rings. The minimum Gasteiger partial charge on any atom is -0.326 e.